The molecule has 0 fully saturated rings. The molecule has 0 aliphatic carbocycles. The lowest BCUT2D eigenvalue weighted by atomic mass is 10.1. The van der Waals surface area contributed by atoms with Crippen molar-refractivity contribution in [2.75, 3.05) is 14.2 Å². The lowest BCUT2D eigenvalue weighted by Gasteiger charge is -2.14. The van der Waals surface area contributed by atoms with E-state index in [4.69, 9.17) is 14.2 Å². The molecule has 2 aromatic carbocycles. The summed E-state index contributed by atoms with van der Waals surface area (Å²) >= 11 is 0. The second-order valence-electron chi connectivity index (χ2n) is 6.71. The molecular formula is C23H29NO5. The third-order valence-corrected chi connectivity index (χ3v) is 4.64. The number of esters is 1. The first kappa shape index (κ1) is 22.3. The minimum atomic E-state index is -0.856. The van der Waals surface area contributed by atoms with E-state index >= 15 is 0 Å². The van der Waals surface area contributed by atoms with Gasteiger partial charge in [-0.25, -0.2) is 0 Å². The maximum Gasteiger partial charge on any atom is 0.306 e. The minimum Gasteiger partial charge on any atom is -0.493 e. The number of ether oxygens (including phenoxy) is 3. The zero-order chi connectivity index (χ0) is 21.2. The molecule has 0 unspecified atom stereocenters. The summed E-state index contributed by atoms with van der Waals surface area (Å²) < 4.78 is 15.7. The van der Waals surface area contributed by atoms with Crippen LogP contribution in [0.1, 0.15) is 37.0 Å². The Hall–Kier alpha value is -3.02. The Labute approximate surface area is 172 Å². The Kier molecular flexibility index (Phi) is 8.52. The lowest BCUT2D eigenvalue weighted by Crippen LogP contribution is -2.35. The van der Waals surface area contributed by atoms with Crippen LogP contribution in [0.2, 0.25) is 0 Å². The van der Waals surface area contributed by atoms with Gasteiger partial charge in [0.05, 0.1) is 14.2 Å². The van der Waals surface area contributed by atoms with E-state index in [1.165, 1.54) is 5.56 Å². The van der Waals surface area contributed by atoms with Crippen LogP contribution in [0.25, 0.3) is 0 Å². The van der Waals surface area contributed by atoms with Gasteiger partial charge in [-0.05, 0) is 48.6 Å². The first-order chi connectivity index (χ1) is 14.0. The third-order valence-electron chi connectivity index (χ3n) is 4.64. The van der Waals surface area contributed by atoms with E-state index in [9.17, 15) is 9.59 Å². The maximum atomic E-state index is 12.2. The molecule has 156 valence electrons. The van der Waals surface area contributed by atoms with Crippen LogP contribution in [-0.4, -0.2) is 32.2 Å². The van der Waals surface area contributed by atoms with Crippen LogP contribution in [0, 0.1) is 0 Å². The topological polar surface area (TPSA) is 73.9 Å². The highest BCUT2D eigenvalue weighted by molar-refractivity contribution is 5.83. The highest BCUT2D eigenvalue weighted by atomic mass is 16.5. The van der Waals surface area contributed by atoms with Crippen molar-refractivity contribution in [2.24, 2.45) is 0 Å². The number of carbonyl (C=O) groups is 2. The molecule has 0 aromatic heterocycles. The van der Waals surface area contributed by atoms with Crippen LogP contribution in [0.15, 0.2) is 42.5 Å². The number of carbonyl (C=O) groups excluding carboxylic acids is 2. The Balaban J connectivity index is 1.78. The first-order valence-electron chi connectivity index (χ1n) is 9.72. The quantitative estimate of drug-likeness (QED) is 0.620. The van der Waals surface area contributed by atoms with Gasteiger partial charge in [0.1, 0.15) is 0 Å². The molecule has 2 rings (SSSR count). The average Bonchev–Trinajstić information content (AvgIpc) is 2.75. The highest BCUT2D eigenvalue weighted by Gasteiger charge is 2.17. The Bertz CT molecular complexity index is 817. The van der Waals surface area contributed by atoms with Gasteiger partial charge in [0.15, 0.2) is 17.6 Å². The van der Waals surface area contributed by atoms with Crippen LogP contribution < -0.4 is 14.8 Å². The molecule has 0 heterocycles. The van der Waals surface area contributed by atoms with Gasteiger partial charge in [0.2, 0.25) is 0 Å². The van der Waals surface area contributed by atoms with E-state index in [1.807, 2.05) is 18.2 Å². The zero-order valence-electron chi connectivity index (χ0n) is 17.5. The van der Waals surface area contributed by atoms with Gasteiger partial charge in [-0.1, -0.05) is 37.3 Å². The second-order valence-corrected chi connectivity index (χ2v) is 6.71. The number of hydrogen-bond donors (Lipinski definition) is 1. The van der Waals surface area contributed by atoms with Crippen molar-refractivity contribution in [3.05, 3.63) is 59.2 Å². The fraction of sp³-hybridized carbons (Fsp3) is 0.391. The summed E-state index contributed by atoms with van der Waals surface area (Å²) in [4.78, 5) is 24.3. The molecular weight excluding hydrogens is 370 g/mol. The lowest BCUT2D eigenvalue weighted by molar-refractivity contribution is -0.154. The van der Waals surface area contributed by atoms with Crippen molar-refractivity contribution < 1.29 is 23.8 Å². The van der Waals surface area contributed by atoms with Gasteiger partial charge in [-0.15, -0.1) is 0 Å². The van der Waals surface area contributed by atoms with Gasteiger partial charge in [0, 0.05) is 13.0 Å². The number of amides is 1. The normalized spacial score (nSPS) is 11.4. The van der Waals surface area contributed by atoms with Crippen LogP contribution >= 0.6 is 0 Å². The van der Waals surface area contributed by atoms with E-state index in [0.717, 1.165) is 17.5 Å². The number of nitrogens with one attached hydrogen (secondary N) is 1. The van der Waals surface area contributed by atoms with E-state index in [2.05, 4.69) is 24.4 Å². The molecule has 6 nitrogen and oxygen atoms in total. The van der Waals surface area contributed by atoms with E-state index < -0.39 is 12.1 Å². The van der Waals surface area contributed by atoms with Crippen molar-refractivity contribution >= 4 is 11.9 Å². The molecule has 0 aliphatic rings. The van der Waals surface area contributed by atoms with Gasteiger partial charge < -0.3 is 19.5 Å². The SMILES string of the molecule is CCc1ccc(CCC(=O)O[C@H](C)C(=O)NCc2ccc(OC)c(OC)c2)cc1. The third kappa shape index (κ3) is 6.82. The van der Waals surface area contributed by atoms with E-state index in [-0.39, 0.29) is 12.3 Å². The van der Waals surface area contributed by atoms with Gasteiger partial charge >= 0.3 is 5.97 Å². The van der Waals surface area contributed by atoms with E-state index in [0.29, 0.717) is 24.5 Å². The zero-order valence-corrected chi connectivity index (χ0v) is 17.5. The molecule has 0 aliphatic heterocycles. The molecule has 0 saturated carbocycles. The predicted octanol–water partition coefficient (Wildman–Crippen LogP) is 3.45. The number of aryl methyl sites for hydroxylation is 2. The smallest absolute Gasteiger partial charge is 0.306 e. The van der Waals surface area contributed by atoms with Gasteiger partial charge in [-0.3, -0.25) is 9.59 Å². The Morgan fingerprint density at radius 2 is 1.55 bits per heavy atom. The fourth-order valence-electron chi connectivity index (χ4n) is 2.82. The van der Waals surface area contributed by atoms with Gasteiger partial charge in [-0.2, -0.15) is 0 Å². The summed E-state index contributed by atoms with van der Waals surface area (Å²) in [5.41, 5.74) is 3.19. The van der Waals surface area contributed by atoms with Gasteiger partial charge in [0.25, 0.3) is 5.91 Å². The summed E-state index contributed by atoms with van der Waals surface area (Å²) in [6.07, 6.45) is 0.949. The molecule has 29 heavy (non-hydrogen) atoms. The minimum absolute atomic E-state index is 0.235. The number of hydrogen-bond acceptors (Lipinski definition) is 5. The number of methoxy groups -OCH3 is 2. The van der Waals surface area contributed by atoms with Crippen molar-refractivity contribution in [3.8, 4) is 11.5 Å². The summed E-state index contributed by atoms with van der Waals surface area (Å²) in [7, 11) is 3.12. The summed E-state index contributed by atoms with van der Waals surface area (Å²) in [5.74, 6) is 0.471. The molecule has 0 spiro atoms. The molecule has 0 saturated heterocycles. The molecule has 1 amide bonds. The largest absolute Gasteiger partial charge is 0.493 e. The average molecular weight is 399 g/mol. The van der Waals surface area contributed by atoms with Crippen LogP contribution in [0.3, 0.4) is 0 Å². The first-order valence-corrected chi connectivity index (χ1v) is 9.72. The molecule has 0 radical (unpaired) electrons. The molecule has 0 bridgehead atoms. The van der Waals surface area contributed by atoms with Crippen LogP contribution in [0.5, 0.6) is 11.5 Å². The summed E-state index contributed by atoms with van der Waals surface area (Å²) in [5, 5.41) is 2.77. The van der Waals surface area contributed by atoms with E-state index in [1.54, 1.807) is 33.3 Å². The molecule has 6 heteroatoms. The van der Waals surface area contributed by atoms with Crippen LogP contribution in [-0.2, 0) is 33.7 Å². The molecule has 1 N–H and O–H groups in total. The summed E-state index contributed by atoms with van der Waals surface area (Å²) in [6, 6.07) is 13.6. The predicted molar refractivity (Wildman–Crippen MR) is 111 cm³/mol. The molecule has 2 aromatic rings. The second kappa shape index (κ2) is 11.1. The Morgan fingerprint density at radius 3 is 2.17 bits per heavy atom. The van der Waals surface area contributed by atoms with Crippen LogP contribution in [0.4, 0.5) is 0 Å². The summed E-state index contributed by atoms with van der Waals surface area (Å²) in [6.45, 7) is 3.96. The maximum absolute atomic E-state index is 12.2. The number of rotatable bonds is 10. The monoisotopic (exact) mass is 399 g/mol. The standard InChI is InChI=1S/C23H29NO5/c1-5-17-6-8-18(9-7-17)11-13-22(25)29-16(2)23(26)24-15-19-10-12-20(27-3)21(14-19)28-4/h6-10,12,14,16H,5,11,13,15H2,1-4H3,(H,24,26)/t16-/m1/s1. The number of benzene rings is 2. The highest BCUT2D eigenvalue weighted by Crippen LogP contribution is 2.27. The fourth-order valence-corrected chi connectivity index (χ4v) is 2.82. The van der Waals surface area contributed by atoms with Crippen molar-refractivity contribution in [3.63, 3.8) is 0 Å². The Morgan fingerprint density at radius 1 is 0.931 bits per heavy atom. The van der Waals surface area contributed by atoms with Crippen molar-refractivity contribution in [2.45, 2.75) is 45.8 Å². The van der Waals surface area contributed by atoms with Crippen molar-refractivity contribution in [1.29, 1.82) is 0 Å². The van der Waals surface area contributed by atoms with Crippen molar-refractivity contribution in [1.82, 2.24) is 5.32 Å². The molecule has 1 atom stereocenters.